The van der Waals surface area contributed by atoms with Crippen molar-refractivity contribution in [2.24, 2.45) is 7.05 Å². The van der Waals surface area contributed by atoms with E-state index in [0.717, 1.165) is 17.1 Å². The molecule has 0 saturated heterocycles. The lowest BCUT2D eigenvalue weighted by Crippen LogP contribution is -2.47. The number of hydrogen-bond donors (Lipinski definition) is 1. The van der Waals surface area contributed by atoms with Crippen LogP contribution in [-0.2, 0) is 24.9 Å². The Balaban J connectivity index is 1.28. The third-order valence-electron chi connectivity index (χ3n) is 5.96. The van der Waals surface area contributed by atoms with Crippen molar-refractivity contribution >= 4 is 17.6 Å². The molecule has 11 heteroatoms. The zero-order chi connectivity index (χ0) is 23.8. The minimum Gasteiger partial charge on any atom is -0.338 e. The Hall–Kier alpha value is -4.28. The number of benzene rings is 1. The van der Waals surface area contributed by atoms with Crippen molar-refractivity contribution in [3.63, 3.8) is 0 Å². The maximum Gasteiger partial charge on any atom is 0.291 e. The summed E-state index contributed by atoms with van der Waals surface area (Å²) >= 11 is 0. The van der Waals surface area contributed by atoms with E-state index in [2.05, 4.69) is 25.5 Å². The number of aromatic nitrogens is 7. The zero-order valence-electron chi connectivity index (χ0n) is 19.2. The van der Waals surface area contributed by atoms with Crippen molar-refractivity contribution in [2.75, 3.05) is 11.9 Å². The topological polar surface area (TPSA) is 116 Å². The first-order chi connectivity index (χ1) is 16.4. The van der Waals surface area contributed by atoms with Crippen LogP contribution in [0.5, 0.6) is 0 Å². The summed E-state index contributed by atoms with van der Waals surface area (Å²) in [6.07, 6.45) is 3.82. The molecule has 174 valence electrons. The summed E-state index contributed by atoms with van der Waals surface area (Å²) in [4.78, 5) is 36.1. The van der Waals surface area contributed by atoms with Crippen molar-refractivity contribution in [2.45, 2.75) is 32.5 Å². The molecule has 0 saturated carbocycles. The monoisotopic (exact) mass is 459 g/mol. The predicted molar refractivity (Wildman–Crippen MR) is 124 cm³/mol. The highest BCUT2D eigenvalue weighted by atomic mass is 16.2. The number of nitrogens with one attached hydrogen (secondary N) is 1. The van der Waals surface area contributed by atoms with Gasteiger partial charge in [-0.1, -0.05) is 30.3 Å². The van der Waals surface area contributed by atoms with Crippen LogP contribution in [0.25, 0.3) is 11.4 Å². The molecule has 3 aromatic heterocycles. The molecular weight excluding hydrogens is 434 g/mol. The molecule has 0 spiro atoms. The Morgan fingerprint density at radius 3 is 2.68 bits per heavy atom. The molecule has 4 heterocycles. The van der Waals surface area contributed by atoms with Gasteiger partial charge in [0, 0.05) is 32.9 Å². The van der Waals surface area contributed by atoms with E-state index < -0.39 is 11.9 Å². The standard InChI is InChI=1S/C23H25N9O2/c1-15-25-19(13-29(15)2)18-11-20-30(3)23(34)17(9-10-32(20)27-18)26-22(33)21-24-14-31(28-21)12-16-7-5-4-6-8-16/h4-8,11,13-14,17H,9-10,12H2,1-3H3,(H,26,33). The molecule has 34 heavy (non-hydrogen) atoms. The average Bonchev–Trinajstić information content (AvgIpc) is 3.54. The van der Waals surface area contributed by atoms with Gasteiger partial charge in [0.2, 0.25) is 5.82 Å². The summed E-state index contributed by atoms with van der Waals surface area (Å²) in [6.45, 7) is 2.90. The molecule has 2 amide bonds. The van der Waals surface area contributed by atoms with E-state index in [1.54, 1.807) is 16.4 Å². The number of carbonyl (C=O) groups is 2. The van der Waals surface area contributed by atoms with Crippen LogP contribution in [0.1, 0.15) is 28.4 Å². The van der Waals surface area contributed by atoms with E-state index in [0.29, 0.717) is 31.0 Å². The highest BCUT2D eigenvalue weighted by molar-refractivity contribution is 6.01. The van der Waals surface area contributed by atoms with Gasteiger partial charge in [-0.05, 0) is 18.9 Å². The average molecular weight is 460 g/mol. The fourth-order valence-corrected chi connectivity index (χ4v) is 3.97. The Labute approximate surface area is 196 Å². The molecule has 5 rings (SSSR count). The summed E-state index contributed by atoms with van der Waals surface area (Å²) in [6, 6.07) is 10.9. The molecule has 1 aliphatic heterocycles. The van der Waals surface area contributed by atoms with Crippen LogP contribution in [0.2, 0.25) is 0 Å². The van der Waals surface area contributed by atoms with Crippen LogP contribution in [-0.4, -0.2) is 59.0 Å². The normalized spacial score (nSPS) is 15.8. The predicted octanol–water partition coefficient (Wildman–Crippen LogP) is 1.40. The third-order valence-corrected chi connectivity index (χ3v) is 5.96. The number of carbonyl (C=O) groups excluding carboxylic acids is 2. The number of rotatable bonds is 5. The SMILES string of the molecule is Cc1nc(-c2cc3n(n2)CCC(NC(=O)c2ncn(Cc4ccccc4)n2)C(=O)N3C)cn1C. The highest BCUT2D eigenvalue weighted by Crippen LogP contribution is 2.26. The first-order valence-corrected chi connectivity index (χ1v) is 11.0. The van der Waals surface area contributed by atoms with E-state index in [1.807, 2.05) is 61.1 Å². The number of likely N-dealkylation sites (N-methyl/N-ethyl adjacent to an activating group) is 1. The summed E-state index contributed by atoms with van der Waals surface area (Å²) in [5, 5.41) is 11.7. The minimum absolute atomic E-state index is 0.0289. The second kappa shape index (κ2) is 8.58. The summed E-state index contributed by atoms with van der Waals surface area (Å²) < 4.78 is 5.30. The molecule has 0 radical (unpaired) electrons. The molecule has 1 aliphatic rings. The van der Waals surface area contributed by atoms with Gasteiger partial charge in [0.1, 0.15) is 35.4 Å². The lowest BCUT2D eigenvalue weighted by molar-refractivity contribution is -0.120. The van der Waals surface area contributed by atoms with E-state index in [9.17, 15) is 9.59 Å². The molecule has 0 fully saturated rings. The van der Waals surface area contributed by atoms with E-state index in [-0.39, 0.29) is 11.7 Å². The van der Waals surface area contributed by atoms with Gasteiger partial charge in [-0.3, -0.25) is 14.5 Å². The maximum atomic E-state index is 13.1. The second-order valence-corrected chi connectivity index (χ2v) is 8.36. The van der Waals surface area contributed by atoms with Crippen LogP contribution in [0.3, 0.4) is 0 Å². The molecule has 11 nitrogen and oxygen atoms in total. The first kappa shape index (κ1) is 21.6. The van der Waals surface area contributed by atoms with Crippen LogP contribution < -0.4 is 10.2 Å². The Morgan fingerprint density at radius 1 is 1.15 bits per heavy atom. The molecule has 0 aliphatic carbocycles. The fraction of sp³-hybridized carbons (Fsp3) is 0.304. The Morgan fingerprint density at radius 2 is 1.94 bits per heavy atom. The van der Waals surface area contributed by atoms with E-state index in [1.165, 1.54) is 11.2 Å². The number of fused-ring (bicyclic) bond motifs is 1. The molecule has 1 atom stereocenters. The van der Waals surface area contributed by atoms with Crippen molar-refractivity contribution in [3.05, 3.63) is 66.1 Å². The van der Waals surface area contributed by atoms with Crippen LogP contribution in [0.15, 0.2) is 48.9 Å². The minimum atomic E-state index is -0.708. The quantitative estimate of drug-likeness (QED) is 0.482. The summed E-state index contributed by atoms with van der Waals surface area (Å²) in [5.74, 6) is 0.860. The van der Waals surface area contributed by atoms with Gasteiger partial charge in [0.25, 0.3) is 11.8 Å². The van der Waals surface area contributed by atoms with E-state index in [4.69, 9.17) is 0 Å². The largest absolute Gasteiger partial charge is 0.338 e. The number of anilines is 1. The van der Waals surface area contributed by atoms with Gasteiger partial charge in [-0.25, -0.2) is 19.3 Å². The van der Waals surface area contributed by atoms with Gasteiger partial charge >= 0.3 is 0 Å². The molecule has 1 aromatic carbocycles. The van der Waals surface area contributed by atoms with Crippen LogP contribution in [0, 0.1) is 6.92 Å². The smallest absolute Gasteiger partial charge is 0.291 e. The Kier molecular flexibility index (Phi) is 5.44. The van der Waals surface area contributed by atoms with Crippen molar-refractivity contribution in [1.29, 1.82) is 0 Å². The van der Waals surface area contributed by atoms with Gasteiger partial charge in [0.15, 0.2) is 0 Å². The zero-order valence-corrected chi connectivity index (χ0v) is 19.2. The molecule has 1 N–H and O–H groups in total. The lowest BCUT2D eigenvalue weighted by atomic mass is 10.2. The van der Waals surface area contributed by atoms with Crippen LogP contribution >= 0.6 is 0 Å². The summed E-state index contributed by atoms with van der Waals surface area (Å²) in [5.41, 5.74) is 2.51. The lowest BCUT2D eigenvalue weighted by Gasteiger charge is -2.19. The van der Waals surface area contributed by atoms with Gasteiger partial charge in [0.05, 0.1) is 6.54 Å². The first-order valence-electron chi connectivity index (χ1n) is 11.0. The van der Waals surface area contributed by atoms with Crippen molar-refractivity contribution < 1.29 is 9.59 Å². The van der Waals surface area contributed by atoms with E-state index >= 15 is 0 Å². The second-order valence-electron chi connectivity index (χ2n) is 8.36. The number of hydrogen-bond acceptors (Lipinski definition) is 6. The molecule has 0 bridgehead atoms. The van der Waals surface area contributed by atoms with Gasteiger partial charge in [-0.15, -0.1) is 5.10 Å². The fourth-order valence-electron chi connectivity index (χ4n) is 3.97. The maximum absolute atomic E-state index is 13.1. The molecule has 4 aromatic rings. The molecular formula is C23H25N9O2. The molecule has 1 unspecified atom stereocenters. The number of amides is 2. The van der Waals surface area contributed by atoms with Gasteiger partial charge < -0.3 is 9.88 Å². The third kappa shape index (κ3) is 4.07. The summed E-state index contributed by atoms with van der Waals surface area (Å²) in [7, 11) is 3.61. The van der Waals surface area contributed by atoms with Crippen molar-refractivity contribution in [1.82, 2.24) is 39.4 Å². The van der Waals surface area contributed by atoms with Gasteiger partial charge in [-0.2, -0.15) is 5.10 Å². The van der Waals surface area contributed by atoms with Crippen molar-refractivity contribution in [3.8, 4) is 11.4 Å². The Bertz CT molecular complexity index is 1330. The number of aryl methyl sites for hydroxylation is 3. The number of imidazole rings is 1. The van der Waals surface area contributed by atoms with Crippen LogP contribution in [0.4, 0.5) is 5.82 Å². The number of nitrogens with zero attached hydrogens (tertiary/aromatic N) is 8. The highest BCUT2D eigenvalue weighted by Gasteiger charge is 2.31.